The fourth-order valence-corrected chi connectivity index (χ4v) is 4.82. The first kappa shape index (κ1) is 23.4. The third-order valence-corrected chi connectivity index (χ3v) is 6.34. The van der Waals surface area contributed by atoms with E-state index in [9.17, 15) is 0 Å². The molecular formula is C22H38ClN3O2. The Morgan fingerprint density at radius 1 is 1.29 bits per heavy atom. The maximum Gasteiger partial charge on any atom is 0.119 e. The molecule has 4 unspecified atom stereocenters. The summed E-state index contributed by atoms with van der Waals surface area (Å²) in [5.41, 5.74) is 1.33. The predicted octanol–water partition coefficient (Wildman–Crippen LogP) is 3.25. The maximum atomic E-state index is 5.72. The standard InChI is InChI=1S/C22H37N3O2.ClH/c1-4-25(5-2)22(17-8-6-9-18(14-17)26-3)15-24-20-11-7-10-19(20)21-16-27-13-12-23-21;/h6,8-9,14,19-24H,4-5,7,10-13,15-16H2,1-3H3;1H. The molecule has 2 fully saturated rings. The third-order valence-electron chi connectivity index (χ3n) is 6.34. The summed E-state index contributed by atoms with van der Waals surface area (Å²) < 4.78 is 11.2. The second-order valence-electron chi connectivity index (χ2n) is 7.76. The molecule has 4 atom stereocenters. The molecule has 1 aliphatic carbocycles. The number of nitrogens with zero attached hydrogens (tertiary/aromatic N) is 1. The molecule has 1 aromatic carbocycles. The molecule has 6 heteroatoms. The van der Waals surface area contributed by atoms with Crippen molar-refractivity contribution < 1.29 is 9.47 Å². The molecule has 1 heterocycles. The van der Waals surface area contributed by atoms with Crippen LogP contribution < -0.4 is 15.4 Å². The van der Waals surface area contributed by atoms with Crippen LogP contribution in [0.3, 0.4) is 0 Å². The van der Waals surface area contributed by atoms with E-state index >= 15 is 0 Å². The topological polar surface area (TPSA) is 45.8 Å². The molecule has 0 spiro atoms. The Balaban J connectivity index is 0.00000280. The van der Waals surface area contributed by atoms with Gasteiger partial charge in [-0.25, -0.2) is 0 Å². The zero-order chi connectivity index (χ0) is 19.1. The summed E-state index contributed by atoms with van der Waals surface area (Å²) in [4.78, 5) is 2.54. The predicted molar refractivity (Wildman–Crippen MR) is 118 cm³/mol. The monoisotopic (exact) mass is 411 g/mol. The molecule has 2 N–H and O–H groups in total. The molecule has 1 aliphatic heterocycles. The largest absolute Gasteiger partial charge is 0.497 e. The fourth-order valence-electron chi connectivity index (χ4n) is 4.82. The lowest BCUT2D eigenvalue weighted by molar-refractivity contribution is 0.0518. The van der Waals surface area contributed by atoms with Gasteiger partial charge in [-0.15, -0.1) is 12.4 Å². The average Bonchev–Trinajstić information content (AvgIpc) is 3.20. The lowest BCUT2D eigenvalue weighted by atomic mass is 9.93. The summed E-state index contributed by atoms with van der Waals surface area (Å²) in [7, 11) is 1.74. The number of ether oxygens (including phenoxy) is 2. The van der Waals surface area contributed by atoms with Crippen molar-refractivity contribution in [3.63, 3.8) is 0 Å². The first-order chi connectivity index (χ1) is 13.3. The lowest BCUT2D eigenvalue weighted by Crippen LogP contribution is -2.51. The van der Waals surface area contributed by atoms with Crippen LogP contribution in [-0.4, -0.2) is 63.5 Å². The molecule has 0 amide bonds. The van der Waals surface area contributed by atoms with Gasteiger partial charge in [-0.2, -0.15) is 0 Å². The van der Waals surface area contributed by atoms with Crippen molar-refractivity contribution in [3.8, 4) is 5.75 Å². The van der Waals surface area contributed by atoms with E-state index in [1.54, 1.807) is 7.11 Å². The number of hydrogen-bond donors (Lipinski definition) is 2. The van der Waals surface area contributed by atoms with E-state index in [0.29, 0.717) is 24.0 Å². The van der Waals surface area contributed by atoms with Crippen LogP contribution >= 0.6 is 12.4 Å². The number of hydrogen-bond acceptors (Lipinski definition) is 5. The van der Waals surface area contributed by atoms with Crippen molar-refractivity contribution in [1.82, 2.24) is 15.5 Å². The quantitative estimate of drug-likeness (QED) is 0.653. The summed E-state index contributed by atoms with van der Waals surface area (Å²) in [5.74, 6) is 1.61. The highest BCUT2D eigenvalue weighted by molar-refractivity contribution is 5.85. The number of methoxy groups -OCH3 is 1. The lowest BCUT2D eigenvalue weighted by Gasteiger charge is -2.35. The molecule has 0 bridgehead atoms. The van der Waals surface area contributed by atoms with Gasteiger partial charge in [-0.1, -0.05) is 32.4 Å². The van der Waals surface area contributed by atoms with Crippen LogP contribution in [0.1, 0.15) is 44.7 Å². The first-order valence-corrected chi connectivity index (χ1v) is 10.7. The summed E-state index contributed by atoms with van der Waals surface area (Å²) in [6, 6.07) is 10.00. The zero-order valence-electron chi connectivity index (χ0n) is 17.7. The van der Waals surface area contributed by atoms with Crippen LogP contribution in [0.2, 0.25) is 0 Å². The first-order valence-electron chi connectivity index (χ1n) is 10.7. The molecule has 160 valence electrons. The van der Waals surface area contributed by atoms with Gasteiger partial charge in [0.05, 0.1) is 20.3 Å². The number of halogens is 1. The van der Waals surface area contributed by atoms with Gasteiger partial charge < -0.3 is 20.1 Å². The molecule has 1 saturated carbocycles. The van der Waals surface area contributed by atoms with E-state index in [1.165, 1.54) is 24.8 Å². The van der Waals surface area contributed by atoms with Crippen molar-refractivity contribution in [2.75, 3.05) is 46.5 Å². The molecule has 28 heavy (non-hydrogen) atoms. The van der Waals surface area contributed by atoms with Gasteiger partial charge in [0.1, 0.15) is 5.75 Å². The molecule has 5 nitrogen and oxygen atoms in total. The van der Waals surface area contributed by atoms with Crippen molar-refractivity contribution in [3.05, 3.63) is 29.8 Å². The number of likely N-dealkylation sites (N-methyl/N-ethyl adjacent to an activating group) is 1. The summed E-state index contributed by atoms with van der Waals surface area (Å²) in [6.45, 7) is 10.3. The Hall–Kier alpha value is -0.850. The molecule has 1 saturated heterocycles. The molecule has 2 aliphatic rings. The number of benzene rings is 1. The third kappa shape index (κ3) is 5.83. The van der Waals surface area contributed by atoms with Crippen molar-refractivity contribution in [1.29, 1.82) is 0 Å². The molecule has 3 rings (SSSR count). The second kappa shape index (κ2) is 12.0. The normalized spacial score (nSPS) is 26.1. The minimum Gasteiger partial charge on any atom is -0.497 e. The van der Waals surface area contributed by atoms with Crippen molar-refractivity contribution >= 4 is 12.4 Å². The minimum absolute atomic E-state index is 0. The highest BCUT2D eigenvalue weighted by atomic mass is 35.5. The Morgan fingerprint density at radius 3 is 2.79 bits per heavy atom. The minimum atomic E-state index is 0. The summed E-state index contributed by atoms with van der Waals surface area (Å²) in [5, 5.41) is 7.61. The highest BCUT2D eigenvalue weighted by Crippen LogP contribution is 2.31. The van der Waals surface area contributed by atoms with E-state index in [-0.39, 0.29) is 12.4 Å². The van der Waals surface area contributed by atoms with Crippen LogP contribution in [0.5, 0.6) is 5.75 Å². The maximum absolute atomic E-state index is 5.72. The van der Waals surface area contributed by atoms with Crippen molar-refractivity contribution in [2.24, 2.45) is 5.92 Å². The Morgan fingerprint density at radius 2 is 2.11 bits per heavy atom. The van der Waals surface area contributed by atoms with E-state index in [4.69, 9.17) is 9.47 Å². The van der Waals surface area contributed by atoms with Gasteiger partial charge in [0, 0.05) is 31.2 Å². The van der Waals surface area contributed by atoms with E-state index in [0.717, 1.165) is 45.1 Å². The number of nitrogens with one attached hydrogen (secondary N) is 2. The fraction of sp³-hybridized carbons (Fsp3) is 0.727. The zero-order valence-corrected chi connectivity index (χ0v) is 18.5. The van der Waals surface area contributed by atoms with Gasteiger partial charge in [0.25, 0.3) is 0 Å². The molecule has 1 aromatic rings. The number of morpholine rings is 1. The average molecular weight is 412 g/mol. The van der Waals surface area contributed by atoms with E-state index in [1.807, 2.05) is 6.07 Å². The SMILES string of the molecule is CCN(CC)C(CNC1CCCC1C1COCCN1)c1cccc(OC)c1.Cl. The van der Waals surface area contributed by atoms with Crippen LogP contribution in [-0.2, 0) is 4.74 Å². The van der Waals surface area contributed by atoms with Crippen LogP contribution in [0.25, 0.3) is 0 Å². The Labute approximate surface area is 176 Å². The van der Waals surface area contributed by atoms with Crippen molar-refractivity contribution in [2.45, 2.75) is 51.2 Å². The smallest absolute Gasteiger partial charge is 0.119 e. The van der Waals surface area contributed by atoms with Crippen LogP contribution in [0.4, 0.5) is 0 Å². The Kier molecular flexibility index (Phi) is 10.0. The van der Waals surface area contributed by atoms with Gasteiger partial charge in [0.2, 0.25) is 0 Å². The molecule has 0 aromatic heterocycles. The summed E-state index contributed by atoms with van der Waals surface area (Å²) >= 11 is 0. The van der Waals surface area contributed by atoms with Gasteiger partial charge in [0.15, 0.2) is 0 Å². The molecular weight excluding hydrogens is 374 g/mol. The number of rotatable bonds is 9. The summed E-state index contributed by atoms with van der Waals surface area (Å²) in [6.07, 6.45) is 3.88. The van der Waals surface area contributed by atoms with Gasteiger partial charge >= 0.3 is 0 Å². The second-order valence-corrected chi connectivity index (χ2v) is 7.76. The highest BCUT2D eigenvalue weighted by Gasteiger charge is 2.35. The van der Waals surface area contributed by atoms with Crippen LogP contribution in [0, 0.1) is 5.92 Å². The Bertz CT molecular complexity index is 564. The van der Waals surface area contributed by atoms with Gasteiger partial charge in [-0.05, 0) is 49.5 Å². The van der Waals surface area contributed by atoms with Crippen LogP contribution in [0.15, 0.2) is 24.3 Å². The molecule has 0 radical (unpaired) electrons. The van der Waals surface area contributed by atoms with E-state index < -0.39 is 0 Å². The van der Waals surface area contributed by atoms with E-state index in [2.05, 4.69) is 47.6 Å². The van der Waals surface area contributed by atoms with Gasteiger partial charge in [-0.3, -0.25) is 4.90 Å².